The van der Waals surface area contributed by atoms with Crippen molar-refractivity contribution in [2.45, 2.75) is 57.0 Å². The number of likely N-dealkylation sites (tertiary alicyclic amines) is 1. The molecule has 1 aromatic carbocycles. The zero-order valence-corrected chi connectivity index (χ0v) is 17.2. The third-order valence-corrected chi connectivity index (χ3v) is 6.94. The quantitative estimate of drug-likeness (QED) is 0.760. The van der Waals surface area contributed by atoms with Crippen LogP contribution in [0.15, 0.2) is 30.3 Å². The molecule has 6 heteroatoms. The molecule has 0 aliphatic carbocycles. The fourth-order valence-electron chi connectivity index (χ4n) is 4.07. The number of piperidine rings is 1. The van der Waals surface area contributed by atoms with Gasteiger partial charge in [-0.15, -0.1) is 11.8 Å². The maximum absolute atomic E-state index is 12.7. The molecule has 1 N–H and O–H groups in total. The van der Waals surface area contributed by atoms with Crippen LogP contribution in [-0.4, -0.2) is 59.1 Å². The van der Waals surface area contributed by atoms with E-state index in [2.05, 4.69) is 17.1 Å². The number of nitrogens with one attached hydrogen (secondary N) is 1. The average Bonchev–Trinajstić information content (AvgIpc) is 3.12. The molecule has 148 valence electrons. The standard InChI is InChI=1S/C21H31N3O2S/c1-16-9-6-7-13-23(16)14-8-12-22-20(26)19-15-27-21(24(19)17(2)25)18-10-4-3-5-11-18/h3-5,10-11,16,19,21H,6-9,12-15H2,1-2H3,(H,22,26)/t16-,19+,21-/m1/s1. The molecular formula is C21H31N3O2S. The van der Waals surface area contributed by atoms with Gasteiger partial charge in [-0.05, 0) is 38.3 Å². The van der Waals surface area contributed by atoms with E-state index in [1.54, 1.807) is 23.6 Å². The van der Waals surface area contributed by atoms with Crippen LogP contribution in [0.3, 0.4) is 0 Å². The number of benzene rings is 1. The van der Waals surface area contributed by atoms with Crippen LogP contribution in [0, 0.1) is 0 Å². The van der Waals surface area contributed by atoms with E-state index in [0.717, 1.165) is 18.5 Å². The normalized spacial score (nSPS) is 26.1. The lowest BCUT2D eigenvalue weighted by Gasteiger charge is -2.33. The van der Waals surface area contributed by atoms with Crippen LogP contribution in [0.5, 0.6) is 0 Å². The van der Waals surface area contributed by atoms with Crippen LogP contribution >= 0.6 is 11.8 Å². The molecular weight excluding hydrogens is 358 g/mol. The minimum atomic E-state index is -0.383. The van der Waals surface area contributed by atoms with Gasteiger partial charge >= 0.3 is 0 Å². The van der Waals surface area contributed by atoms with E-state index in [-0.39, 0.29) is 23.2 Å². The van der Waals surface area contributed by atoms with Gasteiger partial charge in [0, 0.05) is 31.8 Å². The van der Waals surface area contributed by atoms with Gasteiger partial charge in [0.1, 0.15) is 11.4 Å². The summed E-state index contributed by atoms with van der Waals surface area (Å²) >= 11 is 1.67. The monoisotopic (exact) mass is 389 g/mol. The topological polar surface area (TPSA) is 52.7 Å². The van der Waals surface area contributed by atoms with E-state index in [4.69, 9.17) is 0 Å². The summed E-state index contributed by atoms with van der Waals surface area (Å²) in [6, 6.07) is 10.2. The van der Waals surface area contributed by atoms with Crippen molar-refractivity contribution in [1.29, 1.82) is 0 Å². The predicted octanol–water partition coefficient (Wildman–Crippen LogP) is 3.03. The summed E-state index contributed by atoms with van der Waals surface area (Å²) in [5.41, 5.74) is 1.08. The van der Waals surface area contributed by atoms with Gasteiger partial charge in [-0.1, -0.05) is 36.8 Å². The van der Waals surface area contributed by atoms with Gasteiger partial charge < -0.3 is 15.1 Å². The van der Waals surface area contributed by atoms with E-state index in [1.165, 1.54) is 25.8 Å². The molecule has 1 aromatic rings. The summed E-state index contributed by atoms with van der Waals surface area (Å²) in [6.07, 6.45) is 4.85. The summed E-state index contributed by atoms with van der Waals surface area (Å²) in [5, 5.41) is 2.99. The van der Waals surface area contributed by atoms with Crippen molar-refractivity contribution in [3.63, 3.8) is 0 Å². The van der Waals surface area contributed by atoms with Crippen LogP contribution in [0.2, 0.25) is 0 Å². The van der Waals surface area contributed by atoms with Gasteiger partial charge in [0.05, 0.1) is 0 Å². The van der Waals surface area contributed by atoms with E-state index < -0.39 is 0 Å². The molecule has 2 amide bonds. The Labute approximate surface area is 166 Å². The van der Waals surface area contributed by atoms with Gasteiger partial charge in [0.2, 0.25) is 11.8 Å². The molecule has 2 saturated heterocycles. The number of hydrogen-bond acceptors (Lipinski definition) is 4. The van der Waals surface area contributed by atoms with Gasteiger partial charge in [-0.25, -0.2) is 0 Å². The predicted molar refractivity (Wildman–Crippen MR) is 110 cm³/mol. The number of thioether (sulfide) groups is 1. The molecule has 5 nitrogen and oxygen atoms in total. The molecule has 27 heavy (non-hydrogen) atoms. The lowest BCUT2D eigenvalue weighted by molar-refractivity contribution is -0.138. The summed E-state index contributed by atoms with van der Waals surface area (Å²) in [4.78, 5) is 29.2. The first kappa shape index (κ1) is 20.2. The number of hydrogen-bond donors (Lipinski definition) is 1. The molecule has 2 heterocycles. The SMILES string of the molecule is CC(=O)N1[C@@H](c2ccccc2)SC[C@H]1C(=O)NCCCN1CCCC[C@H]1C. The summed E-state index contributed by atoms with van der Waals surface area (Å²) in [6.45, 7) is 6.72. The Kier molecular flexibility index (Phi) is 7.19. The first-order valence-electron chi connectivity index (χ1n) is 10.0. The van der Waals surface area contributed by atoms with Gasteiger partial charge in [0.15, 0.2) is 0 Å². The Bertz CT molecular complexity index is 640. The molecule has 2 fully saturated rings. The first-order valence-corrected chi connectivity index (χ1v) is 11.1. The molecule has 2 aliphatic heterocycles. The fraction of sp³-hybridized carbons (Fsp3) is 0.619. The maximum Gasteiger partial charge on any atom is 0.243 e. The maximum atomic E-state index is 12.7. The summed E-state index contributed by atoms with van der Waals surface area (Å²) < 4.78 is 0. The highest BCUT2D eigenvalue weighted by Gasteiger charge is 2.40. The van der Waals surface area contributed by atoms with Gasteiger partial charge in [0.25, 0.3) is 0 Å². The van der Waals surface area contributed by atoms with E-state index >= 15 is 0 Å². The molecule has 0 radical (unpaired) electrons. The molecule has 0 bridgehead atoms. The number of nitrogens with zero attached hydrogens (tertiary/aromatic N) is 2. The van der Waals surface area contributed by atoms with Crippen molar-refractivity contribution in [2.24, 2.45) is 0 Å². The number of carbonyl (C=O) groups is 2. The Morgan fingerprint density at radius 1 is 1.22 bits per heavy atom. The highest BCUT2D eigenvalue weighted by molar-refractivity contribution is 7.99. The third-order valence-electron chi connectivity index (χ3n) is 5.61. The fourth-order valence-corrected chi connectivity index (χ4v) is 5.55. The van der Waals surface area contributed by atoms with E-state index in [1.807, 2.05) is 30.3 Å². The second-order valence-corrected chi connectivity index (χ2v) is 8.68. The number of amides is 2. The van der Waals surface area contributed by atoms with Crippen molar-refractivity contribution < 1.29 is 9.59 Å². The molecule has 3 rings (SSSR count). The third kappa shape index (κ3) is 5.05. The lowest BCUT2D eigenvalue weighted by Crippen LogP contribution is -2.47. The summed E-state index contributed by atoms with van der Waals surface area (Å²) in [7, 11) is 0. The van der Waals surface area contributed by atoms with Crippen molar-refractivity contribution in [3.8, 4) is 0 Å². The number of carbonyl (C=O) groups excluding carboxylic acids is 2. The van der Waals surface area contributed by atoms with Crippen LogP contribution in [0.25, 0.3) is 0 Å². The highest BCUT2D eigenvalue weighted by Crippen LogP contribution is 2.41. The second kappa shape index (κ2) is 9.60. The van der Waals surface area contributed by atoms with Gasteiger partial charge in [-0.2, -0.15) is 0 Å². The highest BCUT2D eigenvalue weighted by atomic mass is 32.2. The largest absolute Gasteiger partial charge is 0.354 e. The van der Waals surface area contributed by atoms with Crippen LogP contribution in [0.4, 0.5) is 0 Å². The number of rotatable bonds is 6. The summed E-state index contributed by atoms with van der Waals surface area (Å²) in [5.74, 6) is 0.577. The molecule has 3 atom stereocenters. The molecule has 0 spiro atoms. The minimum absolute atomic E-state index is 0.0252. The Morgan fingerprint density at radius 2 is 2.00 bits per heavy atom. The van der Waals surface area contributed by atoms with Crippen molar-refractivity contribution in [2.75, 3.05) is 25.4 Å². The van der Waals surface area contributed by atoms with Crippen LogP contribution in [0.1, 0.15) is 50.5 Å². The molecule has 0 unspecified atom stereocenters. The Hall–Kier alpha value is -1.53. The van der Waals surface area contributed by atoms with E-state index in [9.17, 15) is 9.59 Å². The lowest BCUT2D eigenvalue weighted by atomic mass is 10.0. The average molecular weight is 390 g/mol. The molecule has 0 aromatic heterocycles. The smallest absolute Gasteiger partial charge is 0.243 e. The van der Waals surface area contributed by atoms with Crippen molar-refractivity contribution in [1.82, 2.24) is 15.1 Å². The van der Waals surface area contributed by atoms with Gasteiger partial charge in [-0.3, -0.25) is 9.59 Å². The molecule has 0 saturated carbocycles. The van der Waals surface area contributed by atoms with Crippen LogP contribution < -0.4 is 5.32 Å². The first-order chi connectivity index (χ1) is 13.1. The zero-order valence-electron chi connectivity index (χ0n) is 16.4. The molecule has 2 aliphatic rings. The van der Waals surface area contributed by atoms with Crippen molar-refractivity contribution in [3.05, 3.63) is 35.9 Å². The zero-order chi connectivity index (χ0) is 19.2. The van der Waals surface area contributed by atoms with E-state index in [0.29, 0.717) is 18.3 Å². The second-order valence-electron chi connectivity index (χ2n) is 7.56. The van der Waals surface area contributed by atoms with Crippen LogP contribution in [-0.2, 0) is 9.59 Å². The Morgan fingerprint density at radius 3 is 2.70 bits per heavy atom. The van der Waals surface area contributed by atoms with Crippen molar-refractivity contribution >= 4 is 23.6 Å². The minimum Gasteiger partial charge on any atom is -0.354 e. The Balaban J connectivity index is 1.50.